The number of nitrogens with two attached hydrogens (primary N) is 1. The first kappa shape index (κ1) is 47.9. The number of aliphatic carboxylic acids is 3. The SMILES string of the molecule is C=CC[C@@H](N)C(=O)O.C=CC[C@@H](NC(=O)OCc1ccccc1)C(=O)O.CC(C)(C)OC(=O)N1CCC(=CC[C@@H](NC(=O)OCc2ccccc2)C(=O)O)CC1. The van der Waals surface area contributed by atoms with Crippen molar-refractivity contribution in [3.8, 4) is 0 Å². The summed E-state index contributed by atoms with van der Waals surface area (Å²) in [5, 5.41) is 31.0. The lowest BCUT2D eigenvalue weighted by Gasteiger charge is -2.31. The van der Waals surface area contributed by atoms with Crippen LogP contribution in [0.4, 0.5) is 14.4 Å². The molecular weight excluding hydrogens is 728 g/mol. The van der Waals surface area contributed by atoms with E-state index in [0.29, 0.717) is 32.4 Å². The number of amides is 3. The summed E-state index contributed by atoms with van der Waals surface area (Å²) >= 11 is 0. The van der Waals surface area contributed by atoms with Gasteiger partial charge in [0, 0.05) is 13.1 Å². The second-order valence-electron chi connectivity index (χ2n) is 13.3. The lowest BCUT2D eigenvalue weighted by atomic mass is 10.0. The van der Waals surface area contributed by atoms with Crippen LogP contribution in [0.5, 0.6) is 0 Å². The Morgan fingerprint density at radius 1 is 0.732 bits per heavy atom. The molecule has 0 aromatic heterocycles. The zero-order chi connectivity index (χ0) is 42.1. The topological polar surface area (TPSA) is 244 Å². The summed E-state index contributed by atoms with van der Waals surface area (Å²) in [5.74, 6) is -3.23. The number of alkyl carbamates (subject to hydrolysis) is 2. The number of piperidine rings is 1. The minimum absolute atomic E-state index is 0.0700. The smallest absolute Gasteiger partial charge is 0.410 e. The van der Waals surface area contributed by atoms with Crippen LogP contribution >= 0.6 is 0 Å². The fraction of sp³-hybridized carbons (Fsp3) is 0.400. The molecule has 3 atom stereocenters. The Bertz CT molecular complexity index is 1600. The zero-order valence-corrected chi connectivity index (χ0v) is 32.1. The van der Waals surface area contributed by atoms with Gasteiger partial charge in [-0.15, -0.1) is 13.2 Å². The Hall–Kier alpha value is -6.16. The molecule has 0 saturated carbocycles. The molecule has 0 bridgehead atoms. The van der Waals surface area contributed by atoms with Gasteiger partial charge in [-0.2, -0.15) is 0 Å². The monoisotopic (exact) mass is 782 g/mol. The molecule has 0 unspecified atom stereocenters. The van der Waals surface area contributed by atoms with Gasteiger partial charge in [-0.3, -0.25) is 4.79 Å². The quantitative estimate of drug-likeness (QED) is 0.0949. The Morgan fingerprint density at radius 2 is 1.16 bits per heavy atom. The Balaban J connectivity index is 0.000000507. The van der Waals surface area contributed by atoms with Gasteiger partial charge in [0.25, 0.3) is 0 Å². The maximum Gasteiger partial charge on any atom is 0.410 e. The number of likely N-dealkylation sites (tertiary alicyclic amines) is 1. The van der Waals surface area contributed by atoms with Gasteiger partial charge in [-0.25, -0.2) is 24.0 Å². The fourth-order valence-corrected chi connectivity index (χ4v) is 4.50. The van der Waals surface area contributed by atoms with Crippen LogP contribution in [0.15, 0.2) is 97.6 Å². The molecule has 1 saturated heterocycles. The third kappa shape index (κ3) is 21.5. The highest BCUT2D eigenvalue weighted by Gasteiger charge is 2.26. The first-order valence-corrected chi connectivity index (χ1v) is 17.7. The van der Waals surface area contributed by atoms with Crippen molar-refractivity contribution >= 4 is 36.2 Å². The van der Waals surface area contributed by atoms with Crippen molar-refractivity contribution in [1.82, 2.24) is 15.5 Å². The molecule has 7 N–H and O–H groups in total. The number of hydrogen-bond acceptors (Lipinski definition) is 10. The highest BCUT2D eigenvalue weighted by atomic mass is 16.6. The zero-order valence-electron chi connectivity index (χ0n) is 32.1. The second-order valence-corrected chi connectivity index (χ2v) is 13.3. The number of rotatable bonds is 15. The first-order chi connectivity index (χ1) is 26.4. The fourth-order valence-electron chi connectivity index (χ4n) is 4.50. The summed E-state index contributed by atoms with van der Waals surface area (Å²) in [6, 6.07) is 15.4. The number of carboxylic acids is 3. The van der Waals surface area contributed by atoms with Crippen LogP contribution in [-0.4, -0.2) is 93.2 Å². The largest absolute Gasteiger partial charge is 0.480 e. The van der Waals surface area contributed by atoms with Crippen LogP contribution in [0.1, 0.15) is 64.0 Å². The lowest BCUT2D eigenvalue weighted by molar-refractivity contribution is -0.140. The van der Waals surface area contributed by atoms with Gasteiger partial charge in [-0.1, -0.05) is 84.5 Å². The van der Waals surface area contributed by atoms with Gasteiger partial charge >= 0.3 is 36.2 Å². The average molecular weight is 783 g/mol. The number of carbonyl (C=O) groups is 6. The van der Waals surface area contributed by atoms with E-state index in [0.717, 1.165) is 16.7 Å². The molecule has 16 nitrogen and oxygen atoms in total. The van der Waals surface area contributed by atoms with Crippen molar-refractivity contribution in [2.24, 2.45) is 5.73 Å². The maximum atomic E-state index is 12.1. The average Bonchev–Trinajstić information content (AvgIpc) is 3.15. The van der Waals surface area contributed by atoms with E-state index in [1.165, 1.54) is 12.2 Å². The van der Waals surface area contributed by atoms with Crippen molar-refractivity contribution in [3.05, 3.63) is 109 Å². The normalized spacial score (nSPS) is 13.6. The van der Waals surface area contributed by atoms with Gasteiger partial charge in [0.05, 0.1) is 0 Å². The Labute approximate surface area is 327 Å². The molecule has 0 aliphatic carbocycles. The van der Waals surface area contributed by atoms with Crippen molar-refractivity contribution in [3.63, 3.8) is 0 Å². The van der Waals surface area contributed by atoms with Crippen LogP contribution in [0, 0.1) is 0 Å². The van der Waals surface area contributed by atoms with E-state index in [-0.39, 0.29) is 32.1 Å². The number of nitrogens with zero attached hydrogens (tertiary/aromatic N) is 1. The van der Waals surface area contributed by atoms with Crippen LogP contribution in [0.3, 0.4) is 0 Å². The van der Waals surface area contributed by atoms with E-state index < -0.39 is 53.8 Å². The third-order valence-corrected chi connectivity index (χ3v) is 7.45. The molecule has 0 radical (unpaired) electrons. The van der Waals surface area contributed by atoms with Gasteiger partial charge < -0.3 is 50.8 Å². The molecule has 2 aromatic rings. The molecule has 1 aliphatic rings. The summed E-state index contributed by atoms with van der Waals surface area (Å²) in [4.78, 5) is 69.3. The maximum absolute atomic E-state index is 12.1. The van der Waals surface area contributed by atoms with Crippen LogP contribution < -0.4 is 16.4 Å². The van der Waals surface area contributed by atoms with E-state index in [1.807, 2.05) is 87.5 Å². The molecule has 1 heterocycles. The Morgan fingerprint density at radius 3 is 1.52 bits per heavy atom. The molecule has 1 fully saturated rings. The predicted molar refractivity (Wildman–Crippen MR) is 207 cm³/mol. The molecule has 3 rings (SSSR count). The van der Waals surface area contributed by atoms with Crippen molar-refractivity contribution in [1.29, 1.82) is 0 Å². The predicted octanol–water partition coefficient (Wildman–Crippen LogP) is 5.63. The third-order valence-electron chi connectivity index (χ3n) is 7.45. The van der Waals surface area contributed by atoms with E-state index in [2.05, 4.69) is 23.8 Å². The van der Waals surface area contributed by atoms with E-state index in [1.54, 1.807) is 4.90 Å². The summed E-state index contributed by atoms with van der Waals surface area (Å²) in [6.45, 7) is 13.5. The van der Waals surface area contributed by atoms with Crippen molar-refractivity contribution in [2.45, 2.75) is 89.8 Å². The summed E-state index contributed by atoms with van der Waals surface area (Å²) < 4.78 is 15.4. The summed E-state index contributed by atoms with van der Waals surface area (Å²) in [6.07, 6.45) is 4.78. The highest BCUT2D eigenvalue weighted by Crippen LogP contribution is 2.20. The van der Waals surface area contributed by atoms with Gasteiger partial charge in [-0.05, 0) is 64.0 Å². The van der Waals surface area contributed by atoms with Crippen molar-refractivity contribution in [2.75, 3.05) is 13.1 Å². The standard InChI is InChI=1S/C22H30N2O6.C13H15NO4.C5H9NO2/c1-22(2,3)30-21(28)24-13-11-16(12-14-24)9-10-18(19(25)26)23-20(27)29-15-17-7-5-4-6-8-17;1-2-6-11(12(15)16)14-13(17)18-9-10-7-4-3-5-8-10;1-2-3-4(6)5(7)8/h4-9,18H,10-15H2,1-3H3,(H,23,27)(H,25,26);2-5,7-8,11H,1,6,9H2,(H,14,17)(H,15,16);2,4H,1,3,6H2,(H,7,8)/t18-;11-;4-/m111/s1. The second kappa shape index (κ2) is 25.8. The molecule has 0 spiro atoms. The lowest BCUT2D eigenvalue weighted by Crippen LogP contribution is -2.41. The number of ether oxygens (including phenoxy) is 3. The molecule has 16 heteroatoms. The van der Waals surface area contributed by atoms with Gasteiger partial charge in [0.15, 0.2) is 0 Å². The summed E-state index contributed by atoms with van der Waals surface area (Å²) in [5.41, 5.74) is 7.23. The molecular formula is C40H54N4O12. The van der Waals surface area contributed by atoms with E-state index >= 15 is 0 Å². The number of carboxylic acid groups (broad SMARTS) is 3. The number of benzene rings is 2. The highest BCUT2D eigenvalue weighted by molar-refractivity contribution is 5.80. The van der Waals surface area contributed by atoms with Crippen LogP contribution in [0.2, 0.25) is 0 Å². The number of nitrogens with one attached hydrogen (secondary N) is 2. The molecule has 56 heavy (non-hydrogen) atoms. The number of hydrogen-bond donors (Lipinski definition) is 6. The van der Waals surface area contributed by atoms with Gasteiger partial charge in [0.1, 0.15) is 36.9 Å². The Kier molecular flexibility index (Phi) is 22.0. The molecule has 306 valence electrons. The van der Waals surface area contributed by atoms with Crippen molar-refractivity contribution < 1.29 is 58.3 Å². The minimum Gasteiger partial charge on any atom is -0.480 e. The van der Waals surface area contributed by atoms with Crippen LogP contribution in [0.25, 0.3) is 0 Å². The van der Waals surface area contributed by atoms with E-state index in [4.69, 9.17) is 30.2 Å². The van der Waals surface area contributed by atoms with Gasteiger partial charge in [0.2, 0.25) is 0 Å². The summed E-state index contributed by atoms with van der Waals surface area (Å²) in [7, 11) is 0. The molecule has 3 amide bonds. The van der Waals surface area contributed by atoms with E-state index in [9.17, 15) is 33.9 Å². The first-order valence-electron chi connectivity index (χ1n) is 17.7. The minimum atomic E-state index is -1.13. The molecule has 2 aromatic carbocycles. The van der Waals surface area contributed by atoms with Crippen LogP contribution in [-0.2, 0) is 41.8 Å². The number of carbonyl (C=O) groups excluding carboxylic acids is 3. The molecule has 1 aliphatic heterocycles.